The summed E-state index contributed by atoms with van der Waals surface area (Å²) in [5, 5.41) is 9.63. The number of hydrogen-bond donors (Lipinski definition) is 2. The number of benzene rings is 1. The Hall–Kier alpha value is -0.000000000000000111. The number of sulfonamides is 1. The topological polar surface area (TPSA) is 101 Å². The molecule has 1 aliphatic rings. The monoisotopic (exact) mass is 447 g/mol. The SMILES string of the molecule is O=S1(=O)C[C@@H](O)[C@H](NS(=O)(=O)c2cc(Br)ccc2Br)C1. The zero-order valence-electron chi connectivity index (χ0n) is 9.95. The van der Waals surface area contributed by atoms with Crippen molar-refractivity contribution in [3.63, 3.8) is 0 Å². The summed E-state index contributed by atoms with van der Waals surface area (Å²) >= 11 is 6.31. The molecule has 1 aromatic carbocycles. The van der Waals surface area contributed by atoms with Gasteiger partial charge in [0.05, 0.1) is 28.5 Å². The smallest absolute Gasteiger partial charge is 0.242 e. The quantitative estimate of drug-likeness (QED) is 0.706. The fraction of sp³-hybridized carbons (Fsp3) is 0.400. The van der Waals surface area contributed by atoms with Crippen LogP contribution in [-0.4, -0.2) is 45.6 Å². The number of aliphatic hydroxyl groups excluding tert-OH is 1. The van der Waals surface area contributed by atoms with Crippen LogP contribution in [0.4, 0.5) is 0 Å². The van der Waals surface area contributed by atoms with Crippen molar-refractivity contribution in [2.45, 2.75) is 17.0 Å². The van der Waals surface area contributed by atoms with Crippen molar-refractivity contribution in [1.29, 1.82) is 0 Å². The normalized spacial score (nSPS) is 25.8. The Kier molecular flexibility index (Phi) is 4.63. The molecule has 0 saturated carbocycles. The molecule has 0 spiro atoms. The number of hydrogen-bond acceptors (Lipinski definition) is 5. The fourth-order valence-corrected chi connectivity index (χ4v) is 6.51. The Bertz CT molecular complexity index is 732. The maximum Gasteiger partial charge on any atom is 0.242 e. The van der Waals surface area contributed by atoms with E-state index in [9.17, 15) is 21.9 Å². The van der Waals surface area contributed by atoms with Crippen LogP contribution < -0.4 is 4.72 Å². The minimum atomic E-state index is -3.93. The molecule has 112 valence electrons. The zero-order valence-corrected chi connectivity index (χ0v) is 14.8. The van der Waals surface area contributed by atoms with Crippen molar-refractivity contribution in [3.05, 3.63) is 27.1 Å². The van der Waals surface area contributed by atoms with Gasteiger partial charge >= 0.3 is 0 Å². The second kappa shape index (κ2) is 5.65. The molecule has 1 aliphatic heterocycles. The Balaban J connectivity index is 2.31. The molecule has 0 amide bonds. The number of nitrogens with one attached hydrogen (secondary N) is 1. The number of rotatable bonds is 3. The van der Waals surface area contributed by atoms with Gasteiger partial charge in [-0.1, -0.05) is 15.9 Å². The molecule has 1 fully saturated rings. The van der Waals surface area contributed by atoms with Gasteiger partial charge in [-0.05, 0) is 34.1 Å². The maximum absolute atomic E-state index is 12.2. The third-order valence-electron chi connectivity index (χ3n) is 2.81. The summed E-state index contributed by atoms with van der Waals surface area (Å²) in [7, 11) is -7.35. The van der Waals surface area contributed by atoms with Gasteiger partial charge in [0.2, 0.25) is 10.0 Å². The molecule has 0 aliphatic carbocycles. The molecule has 2 N–H and O–H groups in total. The third-order valence-corrected chi connectivity index (χ3v) is 7.51. The minimum Gasteiger partial charge on any atom is -0.390 e. The van der Waals surface area contributed by atoms with Crippen molar-refractivity contribution in [2.24, 2.45) is 0 Å². The molecule has 6 nitrogen and oxygen atoms in total. The van der Waals surface area contributed by atoms with Crippen LogP contribution in [0, 0.1) is 0 Å². The fourth-order valence-electron chi connectivity index (χ4n) is 1.89. The van der Waals surface area contributed by atoms with E-state index in [0.717, 1.165) is 0 Å². The molecule has 0 radical (unpaired) electrons. The molecule has 1 heterocycles. The van der Waals surface area contributed by atoms with E-state index in [2.05, 4.69) is 36.6 Å². The molecule has 10 heteroatoms. The van der Waals surface area contributed by atoms with Crippen LogP contribution in [0.2, 0.25) is 0 Å². The van der Waals surface area contributed by atoms with E-state index in [0.29, 0.717) is 8.95 Å². The summed E-state index contributed by atoms with van der Waals surface area (Å²) in [5.41, 5.74) is 0. The summed E-state index contributed by atoms with van der Waals surface area (Å²) in [6, 6.07) is 3.58. The first-order valence-electron chi connectivity index (χ1n) is 5.46. The van der Waals surface area contributed by atoms with Gasteiger partial charge in [0, 0.05) is 8.95 Å². The van der Waals surface area contributed by atoms with Crippen LogP contribution in [0.25, 0.3) is 0 Å². The van der Waals surface area contributed by atoms with Gasteiger partial charge in [-0.3, -0.25) is 0 Å². The first-order valence-corrected chi connectivity index (χ1v) is 10.4. The second-order valence-corrected chi connectivity index (χ2v) is 10.1. The van der Waals surface area contributed by atoms with Crippen LogP contribution in [0.5, 0.6) is 0 Å². The molecule has 0 bridgehead atoms. The maximum atomic E-state index is 12.2. The van der Waals surface area contributed by atoms with Gasteiger partial charge < -0.3 is 5.11 Å². The standard InChI is InChI=1S/C10H11Br2NO5S2/c11-6-1-2-7(12)10(3-6)20(17,18)13-8-4-19(15,16)5-9(8)14/h1-3,8-9,13-14H,4-5H2/t8-,9-/m1/s1. The van der Waals surface area contributed by atoms with Gasteiger partial charge in [0.1, 0.15) is 0 Å². The van der Waals surface area contributed by atoms with Gasteiger partial charge in [0.15, 0.2) is 9.84 Å². The summed E-state index contributed by atoms with van der Waals surface area (Å²) in [6.45, 7) is 0. The van der Waals surface area contributed by atoms with Crippen molar-refractivity contribution in [2.75, 3.05) is 11.5 Å². The van der Waals surface area contributed by atoms with Crippen LogP contribution in [0.3, 0.4) is 0 Å². The molecule has 2 atom stereocenters. The molecule has 1 saturated heterocycles. The molecular weight excluding hydrogens is 438 g/mol. The average molecular weight is 449 g/mol. The number of sulfone groups is 1. The van der Waals surface area contributed by atoms with E-state index >= 15 is 0 Å². The highest BCUT2D eigenvalue weighted by molar-refractivity contribution is 9.11. The first kappa shape index (κ1) is 16.4. The Morgan fingerprint density at radius 1 is 1.25 bits per heavy atom. The molecule has 2 rings (SSSR count). The van der Waals surface area contributed by atoms with Crippen molar-refractivity contribution >= 4 is 51.7 Å². The highest BCUT2D eigenvalue weighted by atomic mass is 79.9. The predicted molar refractivity (Wildman–Crippen MR) is 80.6 cm³/mol. The Morgan fingerprint density at radius 2 is 1.90 bits per heavy atom. The number of halogens is 2. The van der Waals surface area contributed by atoms with E-state index in [1.807, 2.05) is 0 Å². The summed E-state index contributed by atoms with van der Waals surface area (Å²) in [4.78, 5) is -0.0247. The lowest BCUT2D eigenvalue weighted by atomic mass is 10.2. The van der Waals surface area contributed by atoms with E-state index in [-0.39, 0.29) is 4.90 Å². The van der Waals surface area contributed by atoms with Crippen molar-refractivity contribution < 1.29 is 21.9 Å². The average Bonchev–Trinajstić information content (AvgIpc) is 2.54. The Morgan fingerprint density at radius 3 is 2.45 bits per heavy atom. The van der Waals surface area contributed by atoms with Crippen LogP contribution in [0.1, 0.15) is 0 Å². The molecule has 0 aromatic heterocycles. The van der Waals surface area contributed by atoms with Gasteiger partial charge in [0.25, 0.3) is 0 Å². The zero-order chi connectivity index (χ0) is 15.1. The largest absolute Gasteiger partial charge is 0.390 e. The third kappa shape index (κ3) is 3.60. The Labute approximate surface area is 133 Å². The van der Waals surface area contributed by atoms with E-state index in [4.69, 9.17) is 0 Å². The van der Waals surface area contributed by atoms with E-state index in [1.165, 1.54) is 6.07 Å². The molecular formula is C10H11Br2NO5S2. The van der Waals surface area contributed by atoms with Crippen LogP contribution >= 0.6 is 31.9 Å². The lowest BCUT2D eigenvalue weighted by Gasteiger charge is -2.16. The summed E-state index contributed by atoms with van der Waals surface area (Å²) in [6.07, 6.45) is -1.24. The molecule has 1 aromatic rings. The second-order valence-electron chi connectivity index (χ2n) is 4.45. The van der Waals surface area contributed by atoms with Gasteiger partial charge in [-0.2, -0.15) is 0 Å². The van der Waals surface area contributed by atoms with Crippen LogP contribution in [0.15, 0.2) is 32.0 Å². The highest BCUT2D eigenvalue weighted by Crippen LogP contribution is 2.26. The predicted octanol–water partition coefficient (Wildman–Crippen LogP) is 0.648. The van der Waals surface area contributed by atoms with Crippen molar-refractivity contribution in [3.8, 4) is 0 Å². The first-order chi connectivity index (χ1) is 9.11. The lowest BCUT2D eigenvalue weighted by Crippen LogP contribution is -2.42. The lowest BCUT2D eigenvalue weighted by molar-refractivity contribution is 0.176. The van der Waals surface area contributed by atoms with Gasteiger partial charge in [-0.25, -0.2) is 21.6 Å². The molecule has 0 unspecified atom stereocenters. The van der Waals surface area contributed by atoms with Crippen molar-refractivity contribution in [1.82, 2.24) is 4.72 Å². The van der Waals surface area contributed by atoms with Gasteiger partial charge in [-0.15, -0.1) is 0 Å². The van der Waals surface area contributed by atoms with Crippen LogP contribution in [-0.2, 0) is 19.9 Å². The molecule has 20 heavy (non-hydrogen) atoms. The minimum absolute atomic E-state index is 0.0247. The van der Waals surface area contributed by atoms with E-state index < -0.39 is 43.5 Å². The van der Waals surface area contributed by atoms with E-state index in [1.54, 1.807) is 12.1 Å². The summed E-state index contributed by atoms with van der Waals surface area (Å²) in [5.74, 6) is -0.834. The number of aliphatic hydroxyl groups is 1. The highest BCUT2D eigenvalue weighted by Gasteiger charge is 2.39. The summed E-state index contributed by atoms with van der Waals surface area (Å²) < 4.78 is 50.4.